The van der Waals surface area contributed by atoms with E-state index in [1.54, 1.807) is 63.9 Å². The van der Waals surface area contributed by atoms with Gasteiger partial charge in [-0.3, -0.25) is 0 Å². The standard InChI is InChI=1S/C25H42.C3H6.3C2H6/c1-16-12-14-24(3)21(17(16)2)13-15-25(4)22-10-8-18-6-5-7-19(18)20(22)9-11-23(24)25;1-3-2;3*1-2/h16-23H,5-15H2,1-4H3;3H,1H2,2H3;3*1-2H3. The van der Waals surface area contributed by atoms with Crippen molar-refractivity contribution in [2.45, 2.75) is 147 Å². The molecule has 5 rings (SSSR count). The SMILES string of the molecule is C=CC.CC.CC.CC.CC1CCC2(C)C(CCC3(C)C4CCC5CCCC5C4CCC23)C1C. The number of hydrogen-bond acceptors (Lipinski definition) is 0. The van der Waals surface area contributed by atoms with E-state index in [-0.39, 0.29) is 0 Å². The van der Waals surface area contributed by atoms with Crippen LogP contribution in [0.1, 0.15) is 147 Å². The molecule has 0 nitrogen and oxygen atoms in total. The van der Waals surface area contributed by atoms with E-state index < -0.39 is 0 Å². The predicted molar refractivity (Wildman–Crippen MR) is 156 cm³/mol. The van der Waals surface area contributed by atoms with Crippen LogP contribution in [0, 0.1) is 58.2 Å². The van der Waals surface area contributed by atoms with Crippen molar-refractivity contribution >= 4 is 0 Å². The van der Waals surface area contributed by atoms with Crippen molar-refractivity contribution in [3.63, 3.8) is 0 Å². The first-order valence-electron chi connectivity index (χ1n) is 15.9. The van der Waals surface area contributed by atoms with Gasteiger partial charge in [0.05, 0.1) is 0 Å². The molecule has 5 aliphatic rings. The van der Waals surface area contributed by atoms with Crippen LogP contribution in [0.2, 0.25) is 0 Å². The van der Waals surface area contributed by atoms with Crippen LogP contribution in [0.4, 0.5) is 0 Å². The molecule has 34 heavy (non-hydrogen) atoms. The average Bonchev–Trinajstić information content (AvgIpc) is 3.35. The smallest absolute Gasteiger partial charge is 0.0261 e. The molecule has 10 atom stereocenters. The third-order valence-corrected chi connectivity index (χ3v) is 11.4. The van der Waals surface area contributed by atoms with Crippen molar-refractivity contribution in [3.05, 3.63) is 12.7 Å². The van der Waals surface area contributed by atoms with Crippen LogP contribution in [-0.4, -0.2) is 0 Å². The number of rotatable bonds is 0. The Morgan fingerprint density at radius 2 is 1.21 bits per heavy atom. The van der Waals surface area contributed by atoms with Gasteiger partial charge in [0.2, 0.25) is 0 Å². The van der Waals surface area contributed by atoms with Gasteiger partial charge in [0.15, 0.2) is 0 Å². The molecule has 202 valence electrons. The zero-order chi connectivity index (χ0) is 26.1. The second-order valence-corrected chi connectivity index (χ2v) is 12.3. The van der Waals surface area contributed by atoms with Gasteiger partial charge < -0.3 is 0 Å². The highest BCUT2D eigenvalue weighted by atomic mass is 14.7. The van der Waals surface area contributed by atoms with Crippen molar-refractivity contribution in [1.29, 1.82) is 0 Å². The Morgan fingerprint density at radius 1 is 0.647 bits per heavy atom. The Balaban J connectivity index is 0.000000575. The molecule has 0 bridgehead atoms. The average molecular weight is 475 g/mol. The minimum atomic E-state index is 0.663. The molecule has 0 heteroatoms. The molecule has 0 radical (unpaired) electrons. The van der Waals surface area contributed by atoms with Crippen LogP contribution in [0.25, 0.3) is 0 Å². The molecule has 0 aliphatic heterocycles. The molecule has 0 aromatic heterocycles. The van der Waals surface area contributed by atoms with Gasteiger partial charge in [0, 0.05) is 0 Å². The van der Waals surface area contributed by atoms with Crippen LogP contribution < -0.4 is 0 Å². The quantitative estimate of drug-likeness (QED) is 0.306. The van der Waals surface area contributed by atoms with Gasteiger partial charge >= 0.3 is 0 Å². The van der Waals surface area contributed by atoms with Gasteiger partial charge in [-0.1, -0.05) is 88.2 Å². The minimum absolute atomic E-state index is 0.663. The first-order chi connectivity index (χ1) is 16.4. The molecular formula is C34H66. The highest BCUT2D eigenvalue weighted by molar-refractivity contribution is 5.11. The van der Waals surface area contributed by atoms with E-state index in [1.165, 1.54) is 12.8 Å². The molecule has 0 amide bonds. The summed E-state index contributed by atoms with van der Waals surface area (Å²) in [5, 5.41) is 0. The van der Waals surface area contributed by atoms with E-state index in [1.807, 2.05) is 48.5 Å². The van der Waals surface area contributed by atoms with Crippen molar-refractivity contribution in [1.82, 2.24) is 0 Å². The summed E-state index contributed by atoms with van der Waals surface area (Å²) in [5.74, 6) is 8.44. The normalized spacial score (nSPS) is 45.7. The summed E-state index contributed by atoms with van der Waals surface area (Å²) in [6, 6.07) is 0. The molecule has 0 heterocycles. The first kappa shape index (κ1) is 31.8. The Hall–Kier alpha value is -0.260. The van der Waals surface area contributed by atoms with E-state index in [0.717, 1.165) is 47.3 Å². The summed E-state index contributed by atoms with van der Waals surface area (Å²) in [7, 11) is 0. The van der Waals surface area contributed by atoms with Crippen LogP contribution in [0.5, 0.6) is 0 Å². The summed E-state index contributed by atoms with van der Waals surface area (Å²) < 4.78 is 0. The second kappa shape index (κ2) is 14.5. The van der Waals surface area contributed by atoms with Gasteiger partial charge in [-0.25, -0.2) is 0 Å². The van der Waals surface area contributed by atoms with Gasteiger partial charge in [-0.2, -0.15) is 0 Å². The maximum absolute atomic E-state index is 3.36. The number of hydrogen-bond donors (Lipinski definition) is 0. The lowest BCUT2D eigenvalue weighted by Crippen LogP contribution is -2.59. The minimum Gasteiger partial charge on any atom is -0.103 e. The fraction of sp³-hybridized carbons (Fsp3) is 0.941. The lowest BCUT2D eigenvalue weighted by atomic mass is 9.38. The lowest BCUT2D eigenvalue weighted by Gasteiger charge is -2.67. The van der Waals surface area contributed by atoms with Crippen molar-refractivity contribution in [2.75, 3.05) is 0 Å². The van der Waals surface area contributed by atoms with Gasteiger partial charge in [0.1, 0.15) is 0 Å². The molecular weight excluding hydrogens is 408 g/mol. The van der Waals surface area contributed by atoms with E-state index in [0.29, 0.717) is 10.8 Å². The first-order valence-corrected chi connectivity index (χ1v) is 15.9. The Morgan fingerprint density at radius 3 is 1.82 bits per heavy atom. The molecule has 10 unspecified atom stereocenters. The summed E-state index contributed by atoms with van der Waals surface area (Å²) in [6.07, 6.45) is 18.9. The predicted octanol–water partition coefficient (Wildman–Crippen LogP) is 11.6. The summed E-state index contributed by atoms with van der Waals surface area (Å²) in [4.78, 5) is 0. The van der Waals surface area contributed by atoms with E-state index >= 15 is 0 Å². The van der Waals surface area contributed by atoms with Crippen molar-refractivity contribution in [3.8, 4) is 0 Å². The van der Waals surface area contributed by atoms with Gasteiger partial charge in [-0.15, -0.1) is 6.58 Å². The summed E-state index contributed by atoms with van der Waals surface area (Å²) in [5.41, 5.74) is 1.35. The molecule has 0 aromatic carbocycles. The number of fused-ring (bicyclic) bond motifs is 7. The zero-order valence-corrected chi connectivity index (χ0v) is 25.7. The highest BCUT2D eigenvalue weighted by Crippen LogP contribution is 2.70. The molecule has 0 spiro atoms. The Kier molecular flexibility index (Phi) is 13.5. The highest BCUT2D eigenvalue weighted by Gasteiger charge is 2.62. The van der Waals surface area contributed by atoms with Gasteiger partial charge in [-0.05, 0) is 123 Å². The van der Waals surface area contributed by atoms with E-state index in [2.05, 4.69) is 34.3 Å². The maximum atomic E-state index is 3.36. The third kappa shape index (κ3) is 5.83. The summed E-state index contributed by atoms with van der Waals surface area (Å²) >= 11 is 0. The van der Waals surface area contributed by atoms with Crippen LogP contribution in [0.3, 0.4) is 0 Å². The maximum Gasteiger partial charge on any atom is -0.0261 e. The van der Waals surface area contributed by atoms with Crippen molar-refractivity contribution in [2.24, 2.45) is 58.2 Å². The van der Waals surface area contributed by atoms with Crippen LogP contribution in [0.15, 0.2) is 12.7 Å². The second-order valence-electron chi connectivity index (χ2n) is 12.3. The van der Waals surface area contributed by atoms with Crippen molar-refractivity contribution < 1.29 is 0 Å². The number of allylic oxidation sites excluding steroid dienone is 1. The third-order valence-electron chi connectivity index (χ3n) is 11.4. The molecule has 5 saturated carbocycles. The molecule has 5 fully saturated rings. The zero-order valence-electron chi connectivity index (χ0n) is 25.7. The van der Waals surface area contributed by atoms with Crippen LogP contribution in [-0.2, 0) is 0 Å². The topological polar surface area (TPSA) is 0 Å². The largest absolute Gasteiger partial charge is 0.103 e. The fourth-order valence-corrected chi connectivity index (χ4v) is 9.99. The molecule has 5 aliphatic carbocycles. The molecule has 0 N–H and O–H groups in total. The summed E-state index contributed by atoms with van der Waals surface area (Å²) in [6.45, 7) is 27.9. The monoisotopic (exact) mass is 475 g/mol. The fourth-order valence-electron chi connectivity index (χ4n) is 9.99. The molecule has 0 saturated heterocycles. The lowest BCUT2D eigenvalue weighted by molar-refractivity contribution is -0.180. The Bertz CT molecular complexity index is 562. The van der Waals surface area contributed by atoms with E-state index in [9.17, 15) is 0 Å². The molecule has 0 aromatic rings. The van der Waals surface area contributed by atoms with E-state index in [4.69, 9.17) is 0 Å². The van der Waals surface area contributed by atoms with Crippen LogP contribution >= 0.6 is 0 Å². The van der Waals surface area contributed by atoms with Gasteiger partial charge in [0.25, 0.3) is 0 Å². The Labute approximate surface area is 217 Å².